The van der Waals surface area contributed by atoms with Gasteiger partial charge in [0.2, 0.25) is 0 Å². The zero-order chi connectivity index (χ0) is 14.3. The van der Waals surface area contributed by atoms with Crippen LogP contribution in [0.15, 0.2) is 11.4 Å². The first-order valence-electron chi connectivity index (χ1n) is 5.74. The number of rotatable bonds is 3. The monoisotopic (exact) mass is 274 g/mol. The fourth-order valence-corrected chi connectivity index (χ4v) is 3.37. The predicted octanol–water partition coefficient (Wildman–Crippen LogP) is 1.06. The molecular weight excluding hydrogens is 252 g/mol. The Hall–Kier alpha value is -1.08. The fourth-order valence-electron chi connectivity index (χ4n) is 1.64. The summed E-state index contributed by atoms with van der Waals surface area (Å²) in [5.74, 6) is 0.0328. The Balaban J connectivity index is 3.24. The molecule has 0 aromatic carbocycles. The summed E-state index contributed by atoms with van der Waals surface area (Å²) in [7, 11) is -0.447. The van der Waals surface area contributed by atoms with Gasteiger partial charge in [-0.3, -0.25) is 0 Å². The van der Waals surface area contributed by atoms with Crippen LogP contribution >= 0.6 is 0 Å². The van der Waals surface area contributed by atoms with E-state index in [9.17, 15) is 8.42 Å². The maximum Gasteiger partial charge on any atom is 0.262 e. The quantitative estimate of drug-likeness (QED) is 0.893. The number of aryl methyl sites for hydroxylation is 1. The Morgan fingerprint density at radius 2 is 1.94 bits per heavy atom. The van der Waals surface area contributed by atoms with Crippen molar-refractivity contribution < 1.29 is 8.42 Å². The lowest BCUT2D eigenvalue weighted by Crippen LogP contribution is -2.43. The van der Waals surface area contributed by atoms with Crippen LogP contribution in [0.2, 0.25) is 0 Å². The minimum absolute atomic E-state index is 0.0328. The Bertz CT molecular complexity index is 508. The van der Waals surface area contributed by atoms with Crippen LogP contribution in [0, 0.1) is 5.41 Å². The average Bonchev–Trinajstić information content (AvgIpc) is 2.55. The number of hydrogen-bond donors (Lipinski definition) is 1. The van der Waals surface area contributed by atoms with Crippen molar-refractivity contribution >= 4 is 15.8 Å². The molecule has 0 saturated carbocycles. The van der Waals surface area contributed by atoms with Crippen LogP contribution in [-0.4, -0.2) is 35.4 Å². The van der Waals surface area contributed by atoms with Gasteiger partial charge >= 0.3 is 0 Å². The van der Waals surface area contributed by atoms with Gasteiger partial charge in [-0.1, -0.05) is 20.8 Å². The van der Waals surface area contributed by atoms with Gasteiger partial charge in [0.1, 0.15) is 0 Å². The summed E-state index contributed by atoms with van der Waals surface area (Å²) >= 11 is 0. The van der Waals surface area contributed by atoms with E-state index >= 15 is 0 Å². The summed E-state index contributed by atoms with van der Waals surface area (Å²) in [6.07, 6.45) is 1.40. The number of hydrogen-bond acceptors (Lipinski definition) is 4. The van der Waals surface area contributed by atoms with E-state index in [1.165, 1.54) is 15.2 Å². The molecule has 18 heavy (non-hydrogen) atoms. The molecule has 0 saturated heterocycles. The lowest BCUT2D eigenvalue weighted by atomic mass is 9.88. The third-order valence-electron chi connectivity index (χ3n) is 3.33. The van der Waals surface area contributed by atoms with E-state index in [0.29, 0.717) is 0 Å². The van der Waals surface area contributed by atoms with E-state index in [4.69, 9.17) is 5.73 Å². The number of nitrogen functional groups attached to an aromatic ring is 1. The molecule has 0 spiro atoms. The third-order valence-corrected chi connectivity index (χ3v) is 5.39. The van der Waals surface area contributed by atoms with E-state index in [2.05, 4.69) is 4.98 Å². The number of aromatic nitrogens is 2. The van der Waals surface area contributed by atoms with Gasteiger partial charge in [0.05, 0.1) is 6.33 Å². The van der Waals surface area contributed by atoms with Crippen molar-refractivity contribution in [2.45, 2.75) is 38.8 Å². The van der Waals surface area contributed by atoms with Crippen molar-refractivity contribution in [3.63, 3.8) is 0 Å². The molecule has 0 fully saturated rings. The summed E-state index contributed by atoms with van der Waals surface area (Å²) in [5, 5.41) is 0.0427. The molecule has 0 aliphatic carbocycles. The molecule has 7 heteroatoms. The molecule has 2 N–H and O–H groups in total. The Morgan fingerprint density at radius 1 is 1.44 bits per heavy atom. The number of nitrogens with two attached hydrogens (primary N) is 1. The van der Waals surface area contributed by atoms with Crippen molar-refractivity contribution in [2.24, 2.45) is 12.5 Å². The highest BCUT2D eigenvalue weighted by atomic mass is 32.2. The van der Waals surface area contributed by atoms with Gasteiger partial charge in [-0.05, 0) is 12.3 Å². The topological polar surface area (TPSA) is 81.2 Å². The van der Waals surface area contributed by atoms with E-state index in [-0.39, 0.29) is 22.3 Å². The minimum atomic E-state index is -3.63. The van der Waals surface area contributed by atoms with Crippen LogP contribution < -0.4 is 5.73 Å². The summed E-state index contributed by atoms with van der Waals surface area (Å²) in [5.41, 5.74) is 5.48. The van der Waals surface area contributed by atoms with Crippen LogP contribution in [0.1, 0.15) is 27.7 Å². The number of imidazole rings is 1. The molecule has 0 aliphatic heterocycles. The maximum atomic E-state index is 12.5. The Labute approximate surface area is 109 Å². The molecule has 1 aromatic heterocycles. The molecule has 1 rings (SSSR count). The van der Waals surface area contributed by atoms with Crippen molar-refractivity contribution in [3.8, 4) is 0 Å². The highest BCUT2D eigenvalue weighted by Gasteiger charge is 2.35. The summed E-state index contributed by atoms with van der Waals surface area (Å²) < 4.78 is 27.8. The molecule has 1 aromatic rings. The van der Waals surface area contributed by atoms with Crippen molar-refractivity contribution in [2.75, 3.05) is 12.8 Å². The SMILES string of the molecule is CC(N(C)S(=O)(=O)c1c(N)ncn1C)C(C)(C)C. The molecule has 0 bridgehead atoms. The van der Waals surface area contributed by atoms with Gasteiger partial charge in [0, 0.05) is 20.1 Å². The molecule has 1 heterocycles. The van der Waals surface area contributed by atoms with Gasteiger partial charge in [0.15, 0.2) is 10.8 Å². The van der Waals surface area contributed by atoms with Crippen molar-refractivity contribution in [3.05, 3.63) is 6.33 Å². The largest absolute Gasteiger partial charge is 0.381 e. The number of sulfonamides is 1. The van der Waals surface area contributed by atoms with Crippen LogP contribution in [0.3, 0.4) is 0 Å². The lowest BCUT2D eigenvalue weighted by molar-refractivity contribution is 0.216. The summed E-state index contributed by atoms with van der Waals surface area (Å²) in [6, 6.07) is -0.156. The molecular formula is C11H22N4O2S. The van der Waals surface area contributed by atoms with Crippen LogP contribution in [0.25, 0.3) is 0 Å². The standard InChI is InChI=1S/C11H22N4O2S/c1-8(11(2,3)4)15(6)18(16,17)10-9(12)13-7-14(10)5/h7-8H,12H2,1-6H3. The first-order chi connectivity index (χ1) is 7.99. The Morgan fingerprint density at radius 3 is 2.28 bits per heavy atom. The number of anilines is 1. The maximum absolute atomic E-state index is 12.5. The molecule has 1 unspecified atom stereocenters. The number of nitrogens with zero attached hydrogens (tertiary/aromatic N) is 3. The zero-order valence-corrected chi connectivity index (χ0v) is 12.6. The van der Waals surface area contributed by atoms with Crippen LogP contribution in [0.5, 0.6) is 0 Å². The molecule has 6 nitrogen and oxygen atoms in total. The lowest BCUT2D eigenvalue weighted by Gasteiger charge is -2.34. The van der Waals surface area contributed by atoms with Gasteiger partial charge in [-0.15, -0.1) is 0 Å². The van der Waals surface area contributed by atoms with Crippen LogP contribution in [-0.2, 0) is 17.1 Å². The highest BCUT2D eigenvalue weighted by molar-refractivity contribution is 7.89. The first kappa shape index (κ1) is 15.0. The predicted molar refractivity (Wildman–Crippen MR) is 71.5 cm³/mol. The van der Waals surface area contributed by atoms with E-state index in [1.54, 1.807) is 14.1 Å². The van der Waals surface area contributed by atoms with E-state index < -0.39 is 10.0 Å². The molecule has 104 valence electrons. The molecule has 0 radical (unpaired) electrons. The van der Waals surface area contributed by atoms with Gasteiger partial charge < -0.3 is 10.3 Å². The Kier molecular flexibility index (Phi) is 3.78. The van der Waals surface area contributed by atoms with Crippen molar-refractivity contribution in [1.29, 1.82) is 0 Å². The van der Waals surface area contributed by atoms with Crippen molar-refractivity contribution in [1.82, 2.24) is 13.9 Å². The molecule has 0 aliphatic rings. The summed E-state index contributed by atoms with van der Waals surface area (Å²) in [4.78, 5) is 3.82. The van der Waals surface area contributed by atoms with E-state index in [1.807, 2.05) is 27.7 Å². The second kappa shape index (κ2) is 4.55. The van der Waals surface area contributed by atoms with Crippen LogP contribution in [0.4, 0.5) is 5.82 Å². The van der Waals surface area contributed by atoms with Gasteiger partial charge in [0.25, 0.3) is 10.0 Å². The van der Waals surface area contributed by atoms with Gasteiger partial charge in [-0.2, -0.15) is 4.31 Å². The van der Waals surface area contributed by atoms with E-state index in [0.717, 1.165) is 0 Å². The normalized spacial score (nSPS) is 15.1. The summed E-state index contributed by atoms with van der Waals surface area (Å²) in [6.45, 7) is 7.87. The highest BCUT2D eigenvalue weighted by Crippen LogP contribution is 2.28. The first-order valence-corrected chi connectivity index (χ1v) is 7.18. The zero-order valence-electron chi connectivity index (χ0n) is 11.8. The average molecular weight is 274 g/mol. The minimum Gasteiger partial charge on any atom is -0.381 e. The second-order valence-electron chi connectivity index (χ2n) is 5.61. The smallest absolute Gasteiger partial charge is 0.262 e. The van der Waals surface area contributed by atoms with Gasteiger partial charge in [-0.25, -0.2) is 13.4 Å². The molecule has 0 amide bonds. The molecule has 1 atom stereocenters. The third kappa shape index (κ3) is 2.51. The second-order valence-corrected chi connectivity index (χ2v) is 7.52. The fraction of sp³-hybridized carbons (Fsp3) is 0.727.